The molecule has 0 aliphatic carbocycles. The molecule has 0 aliphatic heterocycles. The van der Waals surface area contributed by atoms with E-state index in [0.717, 1.165) is 24.2 Å². The predicted octanol–water partition coefficient (Wildman–Crippen LogP) is 4.19. The molecule has 2 rings (SSSR count). The van der Waals surface area contributed by atoms with E-state index in [1.54, 1.807) is 20.8 Å². The number of aryl methyl sites for hydroxylation is 3. The van der Waals surface area contributed by atoms with Gasteiger partial charge in [0.25, 0.3) is 0 Å². The lowest BCUT2D eigenvalue weighted by Gasteiger charge is -2.32. The number of ether oxygens (including phenoxy) is 2. The molecule has 1 amide bonds. The summed E-state index contributed by atoms with van der Waals surface area (Å²) in [6, 6.07) is 16.3. The number of carbonyl (C=O) groups is 1. The summed E-state index contributed by atoms with van der Waals surface area (Å²) in [6.45, 7) is 7.25. The average molecular weight is 444 g/mol. The van der Waals surface area contributed by atoms with Gasteiger partial charge in [-0.1, -0.05) is 42.0 Å². The molecule has 0 radical (unpaired) electrons. The molecule has 2 aromatic rings. The zero-order chi connectivity index (χ0) is 23.6. The minimum Gasteiger partial charge on any atom is -0.494 e. The van der Waals surface area contributed by atoms with Gasteiger partial charge < -0.3 is 25.0 Å². The third kappa shape index (κ3) is 8.89. The quantitative estimate of drug-likeness (QED) is 0.453. The highest BCUT2D eigenvalue weighted by Crippen LogP contribution is 2.19. The SMILES string of the molecule is Cc1ccc(CCCOc2ccc(CCC(CO)(CO)NC(=O)OC(C)(C)C)cc2)cc1. The molecular formula is C26H37NO5. The Kier molecular flexibility index (Phi) is 9.54. The van der Waals surface area contributed by atoms with Crippen LogP contribution in [0.4, 0.5) is 4.79 Å². The second kappa shape index (κ2) is 11.9. The summed E-state index contributed by atoms with van der Waals surface area (Å²) in [5, 5.41) is 22.3. The Bertz CT molecular complexity index is 821. The van der Waals surface area contributed by atoms with E-state index in [1.165, 1.54) is 11.1 Å². The number of aliphatic hydroxyl groups is 2. The van der Waals surface area contributed by atoms with Crippen LogP contribution in [0.2, 0.25) is 0 Å². The van der Waals surface area contributed by atoms with Crippen molar-refractivity contribution in [2.45, 2.75) is 64.5 Å². The van der Waals surface area contributed by atoms with E-state index in [-0.39, 0.29) is 13.2 Å². The summed E-state index contributed by atoms with van der Waals surface area (Å²) < 4.78 is 11.1. The summed E-state index contributed by atoms with van der Waals surface area (Å²) in [5.74, 6) is 0.806. The van der Waals surface area contributed by atoms with Gasteiger partial charge in [-0.25, -0.2) is 4.79 Å². The third-order valence-corrected chi connectivity index (χ3v) is 5.19. The minimum absolute atomic E-state index is 0.371. The predicted molar refractivity (Wildman–Crippen MR) is 126 cm³/mol. The smallest absolute Gasteiger partial charge is 0.408 e. The van der Waals surface area contributed by atoms with E-state index in [0.29, 0.717) is 19.4 Å². The van der Waals surface area contributed by atoms with Crippen molar-refractivity contribution < 1.29 is 24.5 Å². The monoisotopic (exact) mass is 443 g/mol. The lowest BCUT2D eigenvalue weighted by molar-refractivity contribution is 0.0276. The normalized spacial score (nSPS) is 11.8. The molecule has 6 heteroatoms. The Morgan fingerprint density at radius 1 is 0.906 bits per heavy atom. The molecule has 0 unspecified atom stereocenters. The van der Waals surface area contributed by atoms with E-state index in [4.69, 9.17) is 9.47 Å². The molecular weight excluding hydrogens is 406 g/mol. The number of hydrogen-bond donors (Lipinski definition) is 3. The standard InChI is InChI=1S/C26H37NO5/c1-20-7-9-21(10-8-20)6-5-17-31-23-13-11-22(12-14-23)15-16-26(18-28,19-29)27-24(30)32-25(2,3)4/h7-14,28-29H,5-6,15-19H2,1-4H3,(H,27,30). The van der Waals surface area contributed by atoms with Gasteiger partial charge in [0.05, 0.1) is 25.4 Å². The maximum absolute atomic E-state index is 12.1. The lowest BCUT2D eigenvalue weighted by Crippen LogP contribution is -2.55. The first-order valence-electron chi connectivity index (χ1n) is 11.1. The molecule has 0 saturated carbocycles. The second-order valence-corrected chi connectivity index (χ2v) is 9.31. The molecule has 32 heavy (non-hydrogen) atoms. The van der Waals surface area contributed by atoms with E-state index < -0.39 is 17.2 Å². The zero-order valence-electron chi connectivity index (χ0n) is 19.7. The molecule has 0 saturated heterocycles. The first kappa shape index (κ1) is 25.7. The van der Waals surface area contributed by atoms with Crippen LogP contribution >= 0.6 is 0 Å². The number of aliphatic hydroxyl groups excluding tert-OH is 2. The second-order valence-electron chi connectivity index (χ2n) is 9.31. The Hall–Kier alpha value is -2.57. The highest BCUT2D eigenvalue weighted by molar-refractivity contribution is 5.68. The van der Waals surface area contributed by atoms with Crippen LogP contribution in [-0.4, -0.2) is 47.3 Å². The molecule has 0 atom stereocenters. The first-order valence-corrected chi connectivity index (χ1v) is 11.1. The Morgan fingerprint density at radius 2 is 1.47 bits per heavy atom. The van der Waals surface area contributed by atoms with Crippen molar-refractivity contribution in [3.05, 3.63) is 65.2 Å². The summed E-state index contributed by atoms with van der Waals surface area (Å²) in [5.41, 5.74) is 1.80. The Morgan fingerprint density at radius 3 is 2.03 bits per heavy atom. The maximum atomic E-state index is 12.1. The van der Waals surface area contributed by atoms with Gasteiger partial charge in [0, 0.05) is 0 Å². The zero-order valence-corrected chi connectivity index (χ0v) is 19.7. The van der Waals surface area contributed by atoms with Crippen molar-refractivity contribution in [3.8, 4) is 5.75 Å². The van der Waals surface area contributed by atoms with E-state index in [9.17, 15) is 15.0 Å². The van der Waals surface area contributed by atoms with Crippen LogP contribution < -0.4 is 10.1 Å². The highest BCUT2D eigenvalue weighted by Gasteiger charge is 2.32. The maximum Gasteiger partial charge on any atom is 0.408 e. The van der Waals surface area contributed by atoms with Gasteiger partial charge in [-0.05, 0) is 76.6 Å². The number of alkyl carbamates (subject to hydrolysis) is 1. The average Bonchev–Trinajstić information content (AvgIpc) is 2.75. The number of nitrogens with one attached hydrogen (secondary N) is 1. The van der Waals surface area contributed by atoms with Crippen LogP contribution in [0, 0.1) is 6.92 Å². The molecule has 0 aromatic heterocycles. The number of benzene rings is 2. The van der Waals surface area contributed by atoms with Gasteiger partial charge in [0.1, 0.15) is 11.4 Å². The molecule has 0 heterocycles. The van der Waals surface area contributed by atoms with E-state index in [1.807, 2.05) is 24.3 Å². The minimum atomic E-state index is -1.15. The summed E-state index contributed by atoms with van der Waals surface area (Å²) >= 11 is 0. The fourth-order valence-electron chi connectivity index (χ4n) is 3.23. The van der Waals surface area contributed by atoms with Gasteiger partial charge in [-0.2, -0.15) is 0 Å². The molecule has 2 aromatic carbocycles. The molecule has 0 spiro atoms. The summed E-state index contributed by atoms with van der Waals surface area (Å²) in [6.07, 6.45) is 2.21. The van der Waals surface area contributed by atoms with Gasteiger partial charge in [0.2, 0.25) is 0 Å². The molecule has 176 valence electrons. The molecule has 0 aliphatic rings. The number of hydrogen-bond acceptors (Lipinski definition) is 5. The molecule has 6 nitrogen and oxygen atoms in total. The molecule has 3 N–H and O–H groups in total. The van der Waals surface area contributed by atoms with Crippen molar-refractivity contribution in [3.63, 3.8) is 0 Å². The van der Waals surface area contributed by atoms with Crippen LogP contribution in [0.15, 0.2) is 48.5 Å². The number of amides is 1. The van der Waals surface area contributed by atoms with Crippen LogP contribution in [0.25, 0.3) is 0 Å². The van der Waals surface area contributed by atoms with Crippen molar-refractivity contribution in [2.75, 3.05) is 19.8 Å². The van der Waals surface area contributed by atoms with Crippen molar-refractivity contribution in [1.82, 2.24) is 5.32 Å². The topological polar surface area (TPSA) is 88.0 Å². The molecule has 0 bridgehead atoms. The summed E-state index contributed by atoms with van der Waals surface area (Å²) in [7, 11) is 0. The van der Waals surface area contributed by atoms with Gasteiger partial charge in [-0.15, -0.1) is 0 Å². The Balaban J connectivity index is 1.80. The van der Waals surface area contributed by atoms with Crippen LogP contribution in [0.3, 0.4) is 0 Å². The van der Waals surface area contributed by atoms with E-state index in [2.05, 4.69) is 36.5 Å². The van der Waals surface area contributed by atoms with Crippen molar-refractivity contribution in [1.29, 1.82) is 0 Å². The van der Waals surface area contributed by atoms with Gasteiger partial charge in [0.15, 0.2) is 0 Å². The number of rotatable bonds is 11. The molecule has 0 fully saturated rings. The van der Waals surface area contributed by atoms with E-state index >= 15 is 0 Å². The number of carbonyl (C=O) groups excluding carboxylic acids is 1. The lowest BCUT2D eigenvalue weighted by atomic mass is 9.93. The van der Waals surface area contributed by atoms with Crippen molar-refractivity contribution >= 4 is 6.09 Å². The van der Waals surface area contributed by atoms with Gasteiger partial charge in [-0.3, -0.25) is 0 Å². The largest absolute Gasteiger partial charge is 0.494 e. The van der Waals surface area contributed by atoms with Crippen LogP contribution in [0.1, 0.15) is 50.3 Å². The van der Waals surface area contributed by atoms with Crippen molar-refractivity contribution in [2.24, 2.45) is 0 Å². The third-order valence-electron chi connectivity index (χ3n) is 5.19. The van der Waals surface area contributed by atoms with Crippen LogP contribution in [0.5, 0.6) is 5.75 Å². The van der Waals surface area contributed by atoms with Gasteiger partial charge >= 0.3 is 6.09 Å². The summed E-state index contributed by atoms with van der Waals surface area (Å²) in [4.78, 5) is 12.1. The Labute approximate surface area is 191 Å². The first-order chi connectivity index (χ1) is 15.1. The highest BCUT2D eigenvalue weighted by atomic mass is 16.6. The fourth-order valence-corrected chi connectivity index (χ4v) is 3.23. The van der Waals surface area contributed by atoms with Crippen LogP contribution in [-0.2, 0) is 17.6 Å². The fraction of sp³-hybridized carbons (Fsp3) is 0.500.